The highest BCUT2D eigenvalue weighted by molar-refractivity contribution is 8.01. The highest BCUT2D eigenvalue weighted by Gasteiger charge is 2.55. The van der Waals surface area contributed by atoms with Gasteiger partial charge in [-0.1, -0.05) is 12.1 Å². The summed E-state index contributed by atoms with van der Waals surface area (Å²) in [6.07, 6.45) is -2.60. The summed E-state index contributed by atoms with van der Waals surface area (Å²) in [5.41, 5.74) is -3.76. The van der Waals surface area contributed by atoms with Crippen molar-refractivity contribution in [1.82, 2.24) is 14.7 Å². The van der Waals surface area contributed by atoms with Gasteiger partial charge in [-0.25, -0.2) is 0 Å². The molecule has 0 bridgehead atoms. The monoisotopic (exact) mass is 861 g/mol. The fourth-order valence-corrected chi connectivity index (χ4v) is 10.9. The standard InChI is InChI=1S/C42H43N3O15S/c1-18-39-22(43-11-12-57-19(2)41(43)60-39)13-30(58-18)59-24-16-42(55,26(46)17-61-25-14-29(49)45(40(25)54)10-9-44-27(47)7-8-28(44)48)15-21-32(24)38(53)34-33(36(21)51)35(50)20-5-4-6-23(56-3)31(20)37(34)52/h4-8,18-19,22,24-25,30,39,41,51,53,55H,9-17H2,1-3H3/t18-,19+,22-,24-,25?,30-,39+,41+,42-/m0/s1. The van der Waals surface area contributed by atoms with Gasteiger partial charge < -0.3 is 39.0 Å². The summed E-state index contributed by atoms with van der Waals surface area (Å²) in [7, 11) is 1.33. The minimum absolute atomic E-state index is 0.0772. The molecule has 61 heavy (non-hydrogen) atoms. The molecule has 5 aliphatic heterocycles. The zero-order chi connectivity index (χ0) is 43.2. The third-order valence-corrected chi connectivity index (χ3v) is 14.0. The average Bonchev–Trinajstić information content (AvgIpc) is 3.87. The summed E-state index contributed by atoms with van der Waals surface area (Å²) >= 11 is 0.826. The third-order valence-electron chi connectivity index (χ3n) is 12.8. The van der Waals surface area contributed by atoms with Gasteiger partial charge in [0.1, 0.15) is 35.2 Å². The van der Waals surface area contributed by atoms with Crippen LogP contribution >= 0.6 is 11.8 Å². The topological polar surface area (TPSA) is 236 Å². The van der Waals surface area contributed by atoms with E-state index in [1.165, 1.54) is 25.3 Å². The van der Waals surface area contributed by atoms with Crippen LogP contribution < -0.4 is 4.74 Å². The SMILES string of the molecule is COc1cccc2c1C(=O)c1c(O)c3c(c(O)c1C2=O)C[C@@](O)(C(=O)CSC1CC(=O)N(CCN2C(=O)C=CC2=O)C1=O)C[C@@H]3O[C@H]1C[C@H]2[C@H](O[C@@H]3[C@@H](C)OCCN32)[C@H](C)O1. The highest BCUT2D eigenvalue weighted by Crippen LogP contribution is 2.53. The Labute approximate surface area is 352 Å². The van der Waals surface area contributed by atoms with Gasteiger partial charge in [-0.05, 0) is 19.9 Å². The largest absolute Gasteiger partial charge is 0.507 e. The molecule has 4 fully saturated rings. The molecule has 0 radical (unpaired) electrons. The lowest BCUT2D eigenvalue weighted by molar-refractivity contribution is -0.247. The van der Waals surface area contributed by atoms with Crippen LogP contribution in [0.5, 0.6) is 17.2 Å². The van der Waals surface area contributed by atoms with Crippen molar-refractivity contribution in [2.45, 2.75) is 93.4 Å². The van der Waals surface area contributed by atoms with Crippen molar-refractivity contribution < 1.29 is 72.6 Å². The van der Waals surface area contributed by atoms with E-state index >= 15 is 0 Å². The first-order valence-electron chi connectivity index (χ1n) is 20.1. The number of carbonyl (C=O) groups is 7. The lowest BCUT2D eigenvalue weighted by Gasteiger charge is -2.43. The Morgan fingerprint density at radius 3 is 2.39 bits per heavy atom. The number of imide groups is 2. The van der Waals surface area contributed by atoms with Gasteiger partial charge in [0, 0.05) is 80.2 Å². The Morgan fingerprint density at radius 2 is 1.66 bits per heavy atom. The Bertz CT molecular complexity index is 2320. The molecule has 9 atom stereocenters. The van der Waals surface area contributed by atoms with Crippen molar-refractivity contribution in [2.75, 3.05) is 39.1 Å². The summed E-state index contributed by atoms with van der Waals surface area (Å²) in [5.74, 6) is -6.45. The Morgan fingerprint density at radius 1 is 0.934 bits per heavy atom. The molecular formula is C42H43N3O15S. The predicted octanol–water partition coefficient (Wildman–Crippen LogP) is 0.921. The van der Waals surface area contributed by atoms with E-state index in [0.717, 1.165) is 33.7 Å². The molecule has 19 heteroatoms. The minimum atomic E-state index is -2.31. The molecule has 7 aliphatic rings. The van der Waals surface area contributed by atoms with Crippen LogP contribution in [0, 0.1) is 0 Å². The quantitative estimate of drug-likeness (QED) is 0.190. The van der Waals surface area contributed by atoms with Crippen molar-refractivity contribution in [2.24, 2.45) is 0 Å². The van der Waals surface area contributed by atoms with Gasteiger partial charge in [0.25, 0.3) is 11.8 Å². The summed E-state index contributed by atoms with van der Waals surface area (Å²) in [6, 6.07) is 4.21. The Kier molecular flexibility index (Phi) is 10.4. The number of aromatic hydroxyl groups is 2. The van der Waals surface area contributed by atoms with Gasteiger partial charge in [0.2, 0.25) is 17.6 Å². The molecule has 2 aromatic carbocycles. The molecule has 9 rings (SSSR count). The molecule has 0 spiro atoms. The van der Waals surface area contributed by atoms with E-state index in [1.807, 2.05) is 13.8 Å². The van der Waals surface area contributed by atoms with Crippen LogP contribution in [-0.4, -0.2) is 158 Å². The van der Waals surface area contributed by atoms with Crippen molar-refractivity contribution >= 4 is 52.7 Å². The van der Waals surface area contributed by atoms with E-state index in [-0.39, 0.29) is 78.4 Å². The van der Waals surface area contributed by atoms with Gasteiger partial charge in [0.15, 0.2) is 17.9 Å². The number of carbonyl (C=O) groups excluding carboxylic acids is 7. The molecule has 0 saturated carbocycles. The second kappa shape index (κ2) is 15.4. The van der Waals surface area contributed by atoms with Crippen LogP contribution in [0.1, 0.15) is 82.2 Å². The van der Waals surface area contributed by atoms with Crippen molar-refractivity contribution in [1.29, 1.82) is 0 Å². The maximum absolute atomic E-state index is 14.2. The van der Waals surface area contributed by atoms with Crippen LogP contribution in [-0.2, 0) is 49.3 Å². The maximum Gasteiger partial charge on any atom is 0.253 e. The number of hydrogen-bond acceptors (Lipinski definition) is 17. The van der Waals surface area contributed by atoms with Crippen molar-refractivity contribution in [3.63, 3.8) is 0 Å². The molecule has 0 aromatic heterocycles. The number of ketones is 3. The first-order valence-corrected chi connectivity index (χ1v) is 21.1. The van der Waals surface area contributed by atoms with Gasteiger partial charge in [-0.3, -0.25) is 48.3 Å². The Hall–Kier alpha value is -5.02. The van der Waals surface area contributed by atoms with E-state index in [0.29, 0.717) is 13.2 Å². The van der Waals surface area contributed by atoms with Crippen molar-refractivity contribution in [3.8, 4) is 17.2 Å². The van der Waals surface area contributed by atoms with Crippen LogP contribution in [0.15, 0.2) is 30.4 Å². The summed E-state index contributed by atoms with van der Waals surface area (Å²) in [4.78, 5) is 96.7. The van der Waals surface area contributed by atoms with Gasteiger partial charge >= 0.3 is 0 Å². The van der Waals surface area contributed by atoms with Gasteiger partial charge in [-0.15, -0.1) is 11.8 Å². The first kappa shape index (κ1) is 41.3. The number of phenolic OH excluding ortho intramolecular Hbond substituents is 2. The fourth-order valence-electron chi connectivity index (χ4n) is 9.77. The molecule has 2 aromatic rings. The smallest absolute Gasteiger partial charge is 0.253 e. The second-order valence-electron chi connectivity index (χ2n) is 16.3. The molecule has 4 saturated heterocycles. The zero-order valence-electron chi connectivity index (χ0n) is 33.4. The normalized spacial score (nSPS) is 31.9. The number of likely N-dealkylation sites (tertiary alicyclic amines) is 1. The van der Waals surface area contributed by atoms with E-state index in [2.05, 4.69) is 4.90 Å². The van der Waals surface area contributed by atoms with Crippen LogP contribution in [0.25, 0.3) is 0 Å². The number of aliphatic hydroxyl groups is 1. The van der Waals surface area contributed by atoms with Crippen LogP contribution in [0.4, 0.5) is 0 Å². The number of nitrogens with zero attached hydrogens (tertiary/aromatic N) is 3. The summed E-state index contributed by atoms with van der Waals surface area (Å²) < 4.78 is 30.5. The highest BCUT2D eigenvalue weighted by atomic mass is 32.2. The number of rotatable bonds is 10. The average molecular weight is 862 g/mol. The fraction of sp³-hybridized carbons (Fsp3) is 0.500. The number of benzene rings is 2. The number of ether oxygens (including phenoxy) is 5. The molecule has 18 nitrogen and oxygen atoms in total. The molecule has 5 heterocycles. The third kappa shape index (κ3) is 6.68. The number of Topliss-reactive ketones (excluding diaryl/α,β-unsaturated/α-hetero) is 1. The number of fused-ring (bicyclic) bond motifs is 6. The van der Waals surface area contributed by atoms with E-state index in [9.17, 15) is 48.9 Å². The molecular weight excluding hydrogens is 819 g/mol. The second-order valence-corrected chi connectivity index (χ2v) is 17.5. The first-order chi connectivity index (χ1) is 29.1. The molecule has 2 aliphatic carbocycles. The summed E-state index contributed by atoms with van der Waals surface area (Å²) in [5, 5.41) is 35.3. The minimum Gasteiger partial charge on any atom is -0.507 e. The number of methoxy groups -OCH3 is 1. The molecule has 322 valence electrons. The number of amides is 4. The Balaban J connectivity index is 1.01. The number of morpholine rings is 1. The van der Waals surface area contributed by atoms with E-state index in [4.69, 9.17) is 23.7 Å². The molecule has 3 N–H and O–H groups in total. The molecule has 4 amide bonds. The molecule has 1 unspecified atom stereocenters. The lowest BCUT2D eigenvalue weighted by atomic mass is 9.72. The van der Waals surface area contributed by atoms with E-state index in [1.54, 1.807) is 0 Å². The number of thioether (sulfide) groups is 1. The lowest BCUT2D eigenvalue weighted by Crippen LogP contribution is -2.54. The van der Waals surface area contributed by atoms with Gasteiger partial charge in [-0.2, -0.15) is 0 Å². The number of hydrogen-bond donors (Lipinski definition) is 3. The number of phenols is 2. The summed E-state index contributed by atoms with van der Waals surface area (Å²) in [6.45, 7) is 4.41. The van der Waals surface area contributed by atoms with E-state index < -0.39 is 112 Å². The predicted molar refractivity (Wildman–Crippen MR) is 209 cm³/mol. The van der Waals surface area contributed by atoms with Crippen LogP contribution in [0.3, 0.4) is 0 Å². The van der Waals surface area contributed by atoms with Gasteiger partial charge in [0.05, 0.1) is 59.7 Å². The van der Waals surface area contributed by atoms with Crippen molar-refractivity contribution in [3.05, 3.63) is 63.7 Å². The van der Waals surface area contributed by atoms with Crippen LogP contribution in [0.2, 0.25) is 0 Å². The maximum atomic E-state index is 14.2. The zero-order valence-corrected chi connectivity index (χ0v) is 34.2.